The lowest BCUT2D eigenvalue weighted by molar-refractivity contribution is 0.395. The van der Waals surface area contributed by atoms with Gasteiger partial charge < -0.3 is 10.5 Å². The minimum Gasteiger partial charge on any atom is -0.496 e. The molecular weight excluding hydrogens is 210 g/mol. The Balaban J connectivity index is 2.63. The third-order valence-electron chi connectivity index (χ3n) is 3.19. The predicted octanol–water partition coefficient (Wildman–Crippen LogP) is 3.25. The summed E-state index contributed by atoms with van der Waals surface area (Å²) < 4.78 is 5.37. The van der Waals surface area contributed by atoms with Crippen molar-refractivity contribution in [1.82, 2.24) is 0 Å². The van der Waals surface area contributed by atoms with Crippen LogP contribution >= 0.6 is 11.6 Å². The van der Waals surface area contributed by atoms with Crippen molar-refractivity contribution in [1.29, 1.82) is 0 Å². The molecule has 1 aromatic rings. The molecule has 0 saturated carbocycles. The van der Waals surface area contributed by atoms with Crippen LogP contribution < -0.4 is 10.5 Å². The average molecular weight is 226 g/mol. The van der Waals surface area contributed by atoms with Crippen LogP contribution in [0.3, 0.4) is 0 Å². The summed E-state index contributed by atoms with van der Waals surface area (Å²) in [6.07, 6.45) is 2.10. The van der Waals surface area contributed by atoms with Gasteiger partial charge in [-0.2, -0.15) is 0 Å². The maximum absolute atomic E-state index is 6.20. The number of nitrogens with two attached hydrogens (primary N) is 1. The Hall–Kier alpha value is -0.730. The second-order valence-corrected chi connectivity index (χ2v) is 4.57. The van der Waals surface area contributed by atoms with Crippen LogP contribution in [0.1, 0.15) is 42.9 Å². The molecule has 0 fully saturated rings. The average Bonchev–Trinajstić information content (AvgIpc) is 2.23. The fourth-order valence-corrected chi connectivity index (χ4v) is 2.68. The Kier molecular flexibility index (Phi) is 2.89. The number of benzene rings is 1. The molecule has 1 unspecified atom stereocenters. The lowest BCUT2D eigenvalue weighted by Crippen LogP contribution is -2.20. The Labute approximate surface area is 95.4 Å². The molecule has 1 aliphatic rings. The van der Waals surface area contributed by atoms with Gasteiger partial charge in [-0.1, -0.05) is 18.5 Å². The highest BCUT2D eigenvalue weighted by Crippen LogP contribution is 2.44. The minimum atomic E-state index is 0.0544. The zero-order valence-electron chi connectivity index (χ0n) is 9.09. The van der Waals surface area contributed by atoms with Crippen LogP contribution in [-0.4, -0.2) is 7.11 Å². The Morgan fingerprint density at radius 2 is 2.07 bits per heavy atom. The summed E-state index contributed by atoms with van der Waals surface area (Å²) in [5.41, 5.74) is 8.37. The van der Waals surface area contributed by atoms with Gasteiger partial charge in [-0.15, -0.1) is 0 Å². The number of hydrogen-bond donors (Lipinski definition) is 1. The van der Waals surface area contributed by atoms with Crippen molar-refractivity contribution in [2.75, 3.05) is 7.11 Å². The highest BCUT2D eigenvalue weighted by atomic mass is 35.5. The third kappa shape index (κ3) is 1.72. The third-order valence-corrected chi connectivity index (χ3v) is 3.52. The first-order valence-electron chi connectivity index (χ1n) is 5.27. The lowest BCUT2D eigenvalue weighted by atomic mass is 9.81. The molecule has 0 spiro atoms. The van der Waals surface area contributed by atoms with Crippen LogP contribution in [0.5, 0.6) is 5.75 Å². The molecule has 0 radical (unpaired) electrons. The first kappa shape index (κ1) is 10.8. The quantitative estimate of drug-likeness (QED) is 0.797. The van der Waals surface area contributed by atoms with E-state index in [0.29, 0.717) is 5.92 Å². The minimum absolute atomic E-state index is 0.0544. The zero-order chi connectivity index (χ0) is 11.0. The van der Waals surface area contributed by atoms with Gasteiger partial charge in [0.25, 0.3) is 0 Å². The summed E-state index contributed by atoms with van der Waals surface area (Å²) in [5.74, 6) is 1.39. The van der Waals surface area contributed by atoms with Gasteiger partial charge in [0.05, 0.1) is 7.11 Å². The molecule has 0 bridgehead atoms. The molecule has 0 aromatic heterocycles. The van der Waals surface area contributed by atoms with Gasteiger partial charge in [-0.3, -0.25) is 0 Å². The maximum atomic E-state index is 6.20. The van der Waals surface area contributed by atoms with E-state index in [4.69, 9.17) is 22.1 Å². The van der Waals surface area contributed by atoms with Gasteiger partial charge in [-0.25, -0.2) is 0 Å². The van der Waals surface area contributed by atoms with Gasteiger partial charge in [0.2, 0.25) is 0 Å². The highest BCUT2D eigenvalue weighted by Gasteiger charge is 2.27. The number of fused-ring (bicyclic) bond motifs is 1. The topological polar surface area (TPSA) is 35.2 Å². The van der Waals surface area contributed by atoms with Gasteiger partial charge in [0.15, 0.2) is 0 Å². The van der Waals surface area contributed by atoms with Gasteiger partial charge in [-0.05, 0) is 36.5 Å². The molecular formula is C12H16ClNO. The van der Waals surface area contributed by atoms with E-state index in [-0.39, 0.29) is 6.04 Å². The number of methoxy groups -OCH3 is 1. The molecule has 15 heavy (non-hydrogen) atoms. The SMILES string of the molecule is COc1ccc(Cl)c2c1C(C)CC[C@H]2N. The number of halogens is 1. The van der Waals surface area contributed by atoms with Crippen molar-refractivity contribution >= 4 is 11.6 Å². The van der Waals surface area contributed by atoms with Crippen LogP contribution in [0.15, 0.2) is 12.1 Å². The van der Waals surface area contributed by atoms with Crippen molar-refractivity contribution in [2.45, 2.75) is 31.7 Å². The first-order chi connectivity index (χ1) is 7.15. The van der Waals surface area contributed by atoms with Crippen molar-refractivity contribution < 1.29 is 4.74 Å². The number of ether oxygens (including phenoxy) is 1. The van der Waals surface area contributed by atoms with Gasteiger partial charge in [0, 0.05) is 16.6 Å². The second-order valence-electron chi connectivity index (χ2n) is 4.16. The smallest absolute Gasteiger partial charge is 0.122 e. The molecule has 82 valence electrons. The van der Waals surface area contributed by atoms with E-state index < -0.39 is 0 Å². The second kappa shape index (κ2) is 4.03. The van der Waals surface area contributed by atoms with Crippen LogP contribution in [0.25, 0.3) is 0 Å². The maximum Gasteiger partial charge on any atom is 0.122 e. The molecule has 2 rings (SSSR count). The van der Waals surface area contributed by atoms with E-state index in [9.17, 15) is 0 Å². The van der Waals surface area contributed by atoms with E-state index in [1.54, 1.807) is 7.11 Å². The Bertz CT molecular complexity index is 378. The van der Waals surface area contributed by atoms with E-state index in [2.05, 4.69) is 6.92 Å². The monoisotopic (exact) mass is 225 g/mol. The predicted molar refractivity (Wildman–Crippen MR) is 62.6 cm³/mol. The van der Waals surface area contributed by atoms with Crippen LogP contribution in [0.4, 0.5) is 0 Å². The van der Waals surface area contributed by atoms with E-state index in [1.165, 1.54) is 5.56 Å². The molecule has 0 aliphatic heterocycles. The number of hydrogen-bond acceptors (Lipinski definition) is 2. The first-order valence-corrected chi connectivity index (χ1v) is 5.64. The molecule has 3 heteroatoms. The molecule has 0 amide bonds. The molecule has 1 aliphatic carbocycles. The van der Waals surface area contributed by atoms with E-state index in [1.807, 2.05) is 12.1 Å². The van der Waals surface area contributed by atoms with Crippen molar-refractivity contribution in [3.8, 4) is 5.75 Å². The van der Waals surface area contributed by atoms with E-state index in [0.717, 1.165) is 29.2 Å². The fraction of sp³-hybridized carbons (Fsp3) is 0.500. The molecule has 0 heterocycles. The number of rotatable bonds is 1. The highest BCUT2D eigenvalue weighted by molar-refractivity contribution is 6.31. The standard InChI is InChI=1S/C12H16ClNO/c1-7-3-5-9(14)12-8(13)4-6-10(15-2)11(7)12/h4,6-7,9H,3,5,14H2,1-2H3/t7?,9-/m1/s1. The lowest BCUT2D eigenvalue weighted by Gasteiger charge is -2.29. The summed E-state index contributed by atoms with van der Waals surface area (Å²) in [6.45, 7) is 2.20. The Morgan fingerprint density at radius 3 is 2.73 bits per heavy atom. The van der Waals surface area contributed by atoms with Crippen molar-refractivity contribution in [2.24, 2.45) is 5.73 Å². The van der Waals surface area contributed by atoms with Crippen molar-refractivity contribution in [3.05, 3.63) is 28.3 Å². The molecule has 1 aromatic carbocycles. The van der Waals surface area contributed by atoms with Crippen LogP contribution in [-0.2, 0) is 0 Å². The van der Waals surface area contributed by atoms with Gasteiger partial charge >= 0.3 is 0 Å². The van der Waals surface area contributed by atoms with Crippen LogP contribution in [0, 0.1) is 0 Å². The summed E-state index contributed by atoms with van der Waals surface area (Å²) in [7, 11) is 1.69. The van der Waals surface area contributed by atoms with Gasteiger partial charge in [0.1, 0.15) is 5.75 Å². The Morgan fingerprint density at radius 1 is 1.33 bits per heavy atom. The van der Waals surface area contributed by atoms with Crippen molar-refractivity contribution in [3.63, 3.8) is 0 Å². The summed E-state index contributed by atoms with van der Waals surface area (Å²) in [5, 5.41) is 0.768. The molecule has 0 saturated heterocycles. The molecule has 2 nitrogen and oxygen atoms in total. The zero-order valence-corrected chi connectivity index (χ0v) is 9.84. The normalized spacial score (nSPS) is 24.8. The molecule has 2 N–H and O–H groups in total. The fourth-order valence-electron chi connectivity index (χ4n) is 2.37. The summed E-state index contributed by atoms with van der Waals surface area (Å²) in [6, 6.07) is 3.85. The summed E-state index contributed by atoms with van der Waals surface area (Å²) >= 11 is 6.20. The van der Waals surface area contributed by atoms with E-state index >= 15 is 0 Å². The summed E-state index contributed by atoms with van der Waals surface area (Å²) in [4.78, 5) is 0. The van der Waals surface area contributed by atoms with Crippen LogP contribution in [0.2, 0.25) is 5.02 Å². The molecule has 2 atom stereocenters. The largest absolute Gasteiger partial charge is 0.496 e.